The first-order chi connectivity index (χ1) is 8.71. The van der Waals surface area contributed by atoms with Gasteiger partial charge in [-0.1, -0.05) is 13.8 Å². The quantitative estimate of drug-likeness (QED) is 0.398. The van der Waals surface area contributed by atoms with Crippen LogP contribution in [-0.4, -0.2) is 34.6 Å². The van der Waals surface area contributed by atoms with Crippen molar-refractivity contribution in [3.8, 4) is 0 Å². The van der Waals surface area contributed by atoms with Gasteiger partial charge in [0, 0.05) is 0 Å². The van der Waals surface area contributed by atoms with Crippen molar-refractivity contribution in [2.24, 2.45) is 5.41 Å². The maximum Gasteiger partial charge on any atom is 0.323 e. The molecule has 8 nitrogen and oxygen atoms in total. The molecule has 1 fully saturated rings. The van der Waals surface area contributed by atoms with E-state index in [1.54, 1.807) is 13.8 Å². The molecule has 0 aromatic heterocycles. The lowest BCUT2D eigenvalue weighted by Gasteiger charge is -2.30. The molecule has 8 heteroatoms. The highest BCUT2D eigenvalue weighted by molar-refractivity contribution is 6.10. The van der Waals surface area contributed by atoms with Crippen molar-refractivity contribution >= 4 is 23.8 Å². The second kappa shape index (κ2) is 4.87. The summed E-state index contributed by atoms with van der Waals surface area (Å²) in [5.41, 5.74) is -3.24. The Morgan fingerprint density at radius 1 is 1.32 bits per heavy atom. The molecule has 1 unspecified atom stereocenters. The largest absolute Gasteiger partial charge is 0.480 e. The highest BCUT2D eigenvalue weighted by atomic mass is 16.4. The van der Waals surface area contributed by atoms with Crippen LogP contribution in [0.4, 0.5) is 4.79 Å². The lowest BCUT2D eigenvalue weighted by molar-refractivity contribution is -0.158. The molecule has 0 aromatic carbocycles. The van der Waals surface area contributed by atoms with Gasteiger partial charge in [-0.2, -0.15) is 0 Å². The minimum atomic E-state index is -1.63. The summed E-state index contributed by atoms with van der Waals surface area (Å²) < 4.78 is 0. The number of rotatable bonds is 5. The van der Waals surface area contributed by atoms with Gasteiger partial charge in [-0.15, -0.1) is 0 Å². The second-order valence-corrected chi connectivity index (χ2v) is 4.58. The number of carbonyl (C=O) groups excluding carboxylic acids is 3. The lowest BCUT2D eigenvalue weighted by atomic mass is 9.81. The summed E-state index contributed by atoms with van der Waals surface area (Å²) >= 11 is 0. The van der Waals surface area contributed by atoms with E-state index in [0.717, 1.165) is 0 Å². The number of carboxylic acids is 1. The maximum absolute atomic E-state index is 12.2. The van der Waals surface area contributed by atoms with E-state index in [4.69, 9.17) is 0 Å². The van der Waals surface area contributed by atoms with E-state index in [2.05, 4.69) is 10.6 Å². The van der Waals surface area contributed by atoms with Crippen molar-refractivity contribution < 1.29 is 24.3 Å². The fourth-order valence-electron chi connectivity index (χ4n) is 1.95. The molecule has 1 rings (SSSR count). The van der Waals surface area contributed by atoms with E-state index >= 15 is 0 Å². The third-order valence-corrected chi connectivity index (χ3v) is 3.46. The minimum absolute atomic E-state index is 0.0797. The summed E-state index contributed by atoms with van der Waals surface area (Å²) in [7, 11) is 0. The van der Waals surface area contributed by atoms with Crippen LogP contribution in [0, 0.1) is 5.41 Å². The van der Waals surface area contributed by atoms with E-state index in [9.17, 15) is 24.3 Å². The topological polar surface area (TPSA) is 125 Å². The fraction of sp³-hybridized carbons (Fsp3) is 0.636. The molecular weight excluding hydrogens is 254 g/mol. The second-order valence-electron chi connectivity index (χ2n) is 4.58. The van der Waals surface area contributed by atoms with Gasteiger partial charge in [0.2, 0.25) is 5.91 Å². The zero-order valence-electron chi connectivity index (χ0n) is 11.0. The Labute approximate surface area is 109 Å². The average molecular weight is 271 g/mol. The number of nitrogens with one attached hydrogen (secondary N) is 3. The smallest absolute Gasteiger partial charge is 0.323 e. The van der Waals surface area contributed by atoms with Crippen LogP contribution in [0.25, 0.3) is 0 Å². The van der Waals surface area contributed by atoms with Gasteiger partial charge < -0.3 is 15.7 Å². The van der Waals surface area contributed by atoms with Gasteiger partial charge in [-0.3, -0.25) is 19.7 Å². The molecule has 0 radical (unpaired) electrons. The Morgan fingerprint density at radius 3 is 2.16 bits per heavy atom. The van der Waals surface area contributed by atoms with Crippen molar-refractivity contribution in [1.82, 2.24) is 16.0 Å². The third-order valence-electron chi connectivity index (χ3n) is 3.46. The SMILES string of the molecule is CCC(CC)(C(=O)O)C(=O)NC1(C)NC(=O)NC1=O. The van der Waals surface area contributed by atoms with Gasteiger partial charge in [0.1, 0.15) is 5.41 Å². The molecule has 0 spiro atoms. The van der Waals surface area contributed by atoms with Crippen LogP contribution in [0.2, 0.25) is 0 Å². The Hall–Kier alpha value is -2.12. The molecule has 0 aliphatic carbocycles. The van der Waals surface area contributed by atoms with Crippen LogP contribution in [0.5, 0.6) is 0 Å². The molecule has 1 aliphatic heterocycles. The highest BCUT2D eigenvalue weighted by Gasteiger charge is 2.49. The lowest BCUT2D eigenvalue weighted by Crippen LogP contribution is -2.62. The number of hydrogen-bond acceptors (Lipinski definition) is 4. The number of amides is 4. The predicted molar refractivity (Wildman–Crippen MR) is 63.9 cm³/mol. The summed E-state index contributed by atoms with van der Waals surface area (Å²) in [6.07, 6.45) is 0.159. The van der Waals surface area contributed by atoms with Gasteiger partial charge in [0.15, 0.2) is 5.66 Å². The zero-order valence-corrected chi connectivity index (χ0v) is 11.0. The van der Waals surface area contributed by atoms with Crippen molar-refractivity contribution in [3.05, 3.63) is 0 Å². The van der Waals surface area contributed by atoms with Gasteiger partial charge in [-0.25, -0.2) is 4.79 Å². The van der Waals surface area contributed by atoms with Crippen LogP contribution in [0.15, 0.2) is 0 Å². The van der Waals surface area contributed by atoms with Crippen LogP contribution < -0.4 is 16.0 Å². The van der Waals surface area contributed by atoms with Crippen LogP contribution in [-0.2, 0) is 14.4 Å². The van der Waals surface area contributed by atoms with E-state index in [1.807, 2.05) is 5.32 Å². The Balaban J connectivity index is 2.98. The van der Waals surface area contributed by atoms with Crippen LogP contribution in [0.3, 0.4) is 0 Å². The summed E-state index contributed by atoms with van der Waals surface area (Å²) in [5, 5.41) is 15.7. The number of carbonyl (C=O) groups is 4. The molecule has 0 bridgehead atoms. The van der Waals surface area contributed by atoms with Crippen molar-refractivity contribution in [2.75, 3.05) is 0 Å². The summed E-state index contributed by atoms with van der Waals surface area (Å²) in [6, 6.07) is -0.735. The molecule has 4 N–H and O–H groups in total. The number of aliphatic carboxylic acids is 1. The number of urea groups is 1. The number of hydrogen-bond donors (Lipinski definition) is 4. The maximum atomic E-state index is 12.2. The first-order valence-electron chi connectivity index (χ1n) is 5.91. The average Bonchev–Trinajstić information content (AvgIpc) is 2.53. The van der Waals surface area contributed by atoms with Crippen LogP contribution in [0.1, 0.15) is 33.6 Å². The first-order valence-corrected chi connectivity index (χ1v) is 5.91. The van der Waals surface area contributed by atoms with E-state index in [-0.39, 0.29) is 12.8 Å². The molecule has 0 saturated carbocycles. The summed E-state index contributed by atoms with van der Waals surface area (Å²) in [5.74, 6) is -2.79. The Morgan fingerprint density at radius 2 is 1.84 bits per heavy atom. The van der Waals surface area contributed by atoms with E-state index in [1.165, 1.54) is 6.92 Å². The van der Waals surface area contributed by atoms with Crippen molar-refractivity contribution in [2.45, 2.75) is 39.3 Å². The summed E-state index contributed by atoms with van der Waals surface area (Å²) in [6.45, 7) is 4.45. The van der Waals surface area contributed by atoms with Gasteiger partial charge >= 0.3 is 12.0 Å². The molecular formula is C11H17N3O5. The van der Waals surface area contributed by atoms with Crippen LogP contribution >= 0.6 is 0 Å². The van der Waals surface area contributed by atoms with E-state index in [0.29, 0.717) is 0 Å². The highest BCUT2D eigenvalue weighted by Crippen LogP contribution is 2.28. The molecule has 1 saturated heterocycles. The Kier molecular flexibility index (Phi) is 3.83. The Bertz CT molecular complexity index is 444. The molecule has 1 heterocycles. The molecule has 106 valence electrons. The molecule has 19 heavy (non-hydrogen) atoms. The molecule has 0 aromatic rings. The third kappa shape index (κ3) is 2.38. The van der Waals surface area contributed by atoms with Gasteiger partial charge in [0.25, 0.3) is 5.91 Å². The molecule has 1 atom stereocenters. The zero-order chi connectivity index (χ0) is 14.8. The monoisotopic (exact) mass is 271 g/mol. The summed E-state index contributed by atoms with van der Waals surface area (Å²) in [4.78, 5) is 46.1. The fourth-order valence-corrected chi connectivity index (χ4v) is 1.95. The van der Waals surface area contributed by atoms with Gasteiger partial charge in [0.05, 0.1) is 0 Å². The van der Waals surface area contributed by atoms with E-state index < -0.39 is 34.9 Å². The number of imide groups is 1. The molecule has 1 aliphatic rings. The minimum Gasteiger partial charge on any atom is -0.480 e. The predicted octanol–water partition coefficient (Wildman–Crippen LogP) is -0.451. The standard InChI is InChI=1S/C11H17N3O5/c1-4-11(5-2,8(17)18)7(16)13-10(3)6(15)12-9(19)14-10/h4-5H2,1-3H3,(H,13,16)(H,17,18)(H2,12,14,15,19). The van der Waals surface area contributed by atoms with Crippen molar-refractivity contribution in [1.29, 1.82) is 0 Å². The first kappa shape index (κ1) is 14.9. The normalized spacial score (nSPS) is 22.7. The van der Waals surface area contributed by atoms with Crippen molar-refractivity contribution in [3.63, 3.8) is 0 Å². The van der Waals surface area contributed by atoms with Gasteiger partial charge in [-0.05, 0) is 19.8 Å². The molecule has 4 amide bonds. The number of carboxylic acid groups (broad SMARTS) is 1.